The highest BCUT2D eigenvalue weighted by atomic mass is 127. The lowest BCUT2D eigenvalue weighted by molar-refractivity contribution is -0.138. The van der Waals surface area contributed by atoms with E-state index in [0.29, 0.717) is 15.0 Å². The number of carboxylic acids is 1. The largest absolute Gasteiger partial charge is 0.480 e. The average Bonchev–Trinajstić information content (AvgIpc) is 2.08. The van der Waals surface area contributed by atoms with E-state index in [2.05, 4.69) is 4.98 Å². The first-order valence-electron chi connectivity index (χ1n) is 3.41. The quantitative estimate of drug-likeness (QED) is 0.683. The molecule has 0 saturated carbocycles. The Labute approximate surface area is 88.3 Å². The van der Waals surface area contributed by atoms with Gasteiger partial charge in [0.05, 0.1) is 3.57 Å². The minimum absolute atomic E-state index is 0.377. The van der Waals surface area contributed by atoms with Crippen LogP contribution in [0, 0.1) is 3.57 Å². The number of hydrogen-bond donors (Lipinski definition) is 3. The van der Waals surface area contributed by atoms with Crippen LogP contribution >= 0.6 is 22.6 Å². The third-order valence-electron chi connectivity index (χ3n) is 1.52. The normalized spacial score (nSPS) is 12.5. The zero-order chi connectivity index (χ0) is 10.0. The van der Waals surface area contributed by atoms with Gasteiger partial charge >= 0.3 is 5.97 Å². The van der Waals surface area contributed by atoms with Crippen molar-refractivity contribution in [1.82, 2.24) is 4.98 Å². The zero-order valence-corrected chi connectivity index (χ0v) is 8.72. The number of halogens is 1. The molecule has 1 aromatic heterocycles. The fourth-order valence-electron chi connectivity index (χ4n) is 0.776. The molecule has 0 spiro atoms. The molecule has 0 aliphatic heterocycles. The highest BCUT2D eigenvalue weighted by Crippen LogP contribution is 2.17. The summed E-state index contributed by atoms with van der Waals surface area (Å²) in [5, 5.41) is 8.61. The molecular formula is C7H8IN3O2. The summed E-state index contributed by atoms with van der Waals surface area (Å²) >= 11 is 1.97. The van der Waals surface area contributed by atoms with Gasteiger partial charge in [0.25, 0.3) is 0 Å². The van der Waals surface area contributed by atoms with E-state index in [0.717, 1.165) is 0 Å². The van der Waals surface area contributed by atoms with E-state index < -0.39 is 12.0 Å². The van der Waals surface area contributed by atoms with Gasteiger partial charge in [0.1, 0.15) is 11.9 Å². The number of nitrogen functional groups attached to an aromatic ring is 1. The Morgan fingerprint density at radius 2 is 2.31 bits per heavy atom. The van der Waals surface area contributed by atoms with Gasteiger partial charge in [0.2, 0.25) is 0 Å². The van der Waals surface area contributed by atoms with Gasteiger partial charge < -0.3 is 16.6 Å². The second kappa shape index (κ2) is 3.88. The van der Waals surface area contributed by atoms with Gasteiger partial charge in [-0.05, 0) is 34.2 Å². The van der Waals surface area contributed by atoms with Crippen LogP contribution in [0.1, 0.15) is 11.6 Å². The standard InChI is InChI=1S/C7H8IN3O2/c8-4-1-3(2-11-6(4)10)5(9)7(12)13/h1-2,5H,9H2,(H2,10,11)(H,12,13). The summed E-state index contributed by atoms with van der Waals surface area (Å²) in [6.07, 6.45) is 1.37. The monoisotopic (exact) mass is 293 g/mol. The first-order valence-corrected chi connectivity index (χ1v) is 4.49. The third kappa shape index (κ3) is 2.28. The van der Waals surface area contributed by atoms with E-state index in [9.17, 15) is 4.79 Å². The van der Waals surface area contributed by atoms with Crippen molar-refractivity contribution in [3.63, 3.8) is 0 Å². The molecule has 1 heterocycles. The van der Waals surface area contributed by atoms with Crippen LogP contribution in [-0.2, 0) is 4.79 Å². The maximum atomic E-state index is 10.5. The molecule has 0 bridgehead atoms. The number of carbonyl (C=O) groups is 1. The van der Waals surface area contributed by atoms with Gasteiger partial charge in [-0.3, -0.25) is 4.79 Å². The maximum absolute atomic E-state index is 10.5. The number of hydrogen-bond acceptors (Lipinski definition) is 4. The van der Waals surface area contributed by atoms with Gasteiger partial charge in [-0.1, -0.05) is 0 Å². The summed E-state index contributed by atoms with van der Waals surface area (Å²) in [6, 6.07) is 0.573. The van der Waals surface area contributed by atoms with E-state index in [1.807, 2.05) is 22.6 Å². The molecular weight excluding hydrogens is 285 g/mol. The Morgan fingerprint density at radius 1 is 1.69 bits per heavy atom. The van der Waals surface area contributed by atoms with Crippen LogP contribution in [0.15, 0.2) is 12.3 Å². The van der Waals surface area contributed by atoms with Crippen molar-refractivity contribution in [1.29, 1.82) is 0 Å². The summed E-state index contributed by atoms with van der Waals surface area (Å²) < 4.78 is 0.701. The molecule has 13 heavy (non-hydrogen) atoms. The number of carboxylic acid groups (broad SMARTS) is 1. The van der Waals surface area contributed by atoms with Crippen molar-refractivity contribution in [2.75, 3.05) is 5.73 Å². The van der Waals surface area contributed by atoms with Crippen LogP contribution in [0.5, 0.6) is 0 Å². The zero-order valence-electron chi connectivity index (χ0n) is 6.57. The Balaban J connectivity index is 3.03. The molecule has 0 saturated heterocycles. The Bertz CT molecular complexity index is 343. The van der Waals surface area contributed by atoms with Crippen LogP contribution in [-0.4, -0.2) is 16.1 Å². The van der Waals surface area contributed by atoms with Gasteiger partial charge in [-0.2, -0.15) is 0 Å². The summed E-state index contributed by atoms with van der Waals surface area (Å²) in [5.74, 6) is -0.704. The summed E-state index contributed by atoms with van der Waals surface area (Å²) in [4.78, 5) is 14.3. The van der Waals surface area contributed by atoms with Crippen LogP contribution in [0.4, 0.5) is 5.82 Å². The first-order chi connectivity index (χ1) is 6.02. The van der Waals surface area contributed by atoms with Gasteiger partial charge in [0.15, 0.2) is 0 Å². The number of aliphatic carboxylic acids is 1. The molecule has 0 radical (unpaired) electrons. The smallest absolute Gasteiger partial charge is 0.325 e. The molecule has 0 aliphatic rings. The molecule has 0 fully saturated rings. The number of rotatable bonds is 2. The van der Waals surface area contributed by atoms with Crippen LogP contribution in [0.25, 0.3) is 0 Å². The number of nitrogens with two attached hydrogens (primary N) is 2. The summed E-state index contributed by atoms with van der Waals surface area (Å²) in [6.45, 7) is 0. The molecule has 0 aromatic carbocycles. The molecule has 0 aliphatic carbocycles. The topological polar surface area (TPSA) is 102 Å². The third-order valence-corrected chi connectivity index (χ3v) is 2.38. The van der Waals surface area contributed by atoms with Crippen molar-refractivity contribution >= 4 is 34.4 Å². The SMILES string of the molecule is Nc1ncc(C(N)C(=O)O)cc1I. The number of anilines is 1. The average molecular weight is 293 g/mol. The lowest BCUT2D eigenvalue weighted by Crippen LogP contribution is -2.21. The molecule has 1 aromatic rings. The Hall–Kier alpha value is -0.890. The highest BCUT2D eigenvalue weighted by molar-refractivity contribution is 14.1. The fourth-order valence-corrected chi connectivity index (χ4v) is 1.27. The predicted molar refractivity (Wildman–Crippen MR) is 55.9 cm³/mol. The first kappa shape index (κ1) is 10.2. The molecule has 0 amide bonds. The maximum Gasteiger partial charge on any atom is 0.325 e. The Kier molecular flexibility index (Phi) is 3.04. The van der Waals surface area contributed by atoms with Gasteiger partial charge in [-0.25, -0.2) is 4.98 Å². The van der Waals surface area contributed by atoms with Crippen molar-refractivity contribution in [3.05, 3.63) is 21.4 Å². The Morgan fingerprint density at radius 3 is 2.77 bits per heavy atom. The molecule has 70 valence electrons. The van der Waals surface area contributed by atoms with Crippen molar-refractivity contribution in [3.8, 4) is 0 Å². The molecule has 1 rings (SSSR count). The van der Waals surface area contributed by atoms with Gasteiger partial charge in [-0.15, -0.1) is 0 Å². The molecule has 6 heteroatoms. The van der Waals surface area contributed by atoms with Crippen molar-refractivity contribution in [2.45, 2.75) is 6.04 Å². The van der Waals surface area contributed by atoms with Crippen LogP contribution < -0.4 is 11.5 Å². The lowest BCUT2D eigenvalue weighted by atomic mass is 10.1. The summed E-state index contributed by atoms with van der Waals surface area (Å²) in [7, 11) is 0. The van der Waals surface area contributed by atoms with Gasteiger partial charge in [0, 0.05) is 6.20 Å². The second-order valence-corrected chi connectivity index (χ2v) is 3.61. The van der Waals surface area contributed by atoms with Crippen molar-refractivity contribution < 1.29 is 9.90 Å². The van der Waals surface area contributed by atoms with E-state index >= 15 is 0 Å². The lowest BCUT2D eigenvalue weighted by Gasteiger charge is -2.06. The van der Waals surface area contributed by atoms with E-state index in [1.165, 1.54) is 6.20 Å². The molecule has 1 unspecified atom stereocenters. The number of aromatic nitrogens is 1. The minimum Gasteiger partial charge on any atom is -0.480 e. The summed E-state index contributed by atoms with van der Waals surface area (Å²) in [5.41, 5.74) is 11.3. The van der Waals surface area contributed by atoms with E-state index in [4.69, 9.17) is 16.6 Å². The van der Waals surface area contributed by atoms with E-state index in [1.54, 1.807) is 6.07 Å². The second-order valence-electron chi connectivity index (χ2n) is 2.45. The predicted octanol–water partition coefficient (Wildman–Crippen LogP) is 0.353. The molecule has 1 atom stereocenters. The van der Waals surface area contributed by atoms with Crippen LogP contribution in [0.2, 0.25) is 0 Å². The number of nitrogens with zero attached hydrogens (tertiary/aromatic N) is 1. The number of pyridine rings is 1. The highest BCUT2D eigenvalue weighted by Gasteiger charge is 2.15. The molecule has 5 nitrogen and oxygen atoms in total. The van der Waals surface area contributed by atoms with Crippen LogP contribution in [0.3, 0.4) is 0 Å². The van der Waals surface area contributed by atoms with E-state index in [-0.39, 0.29) is 0 Å². The minimum atomic E-state index is -1.08. The molecule has 5 N–H and O–H groups in total. The van der Waals surface area contributed by atoms with Crippen molar-refractivity contribution in [2.24, 2.45) is 5.73 Å². The fraction of sp³-hybridized carbons (Fsp3) is 0.143.